The summed E-state index contributed by atoms with van der Waals surface area (Å²) in [4.78, 5) is 13.5. The number of nitrogens with zero attached hydrogens (tertiary/aromatic N) is 4. The summed E-state index contributed by atoms with van der Waals surface area (Å²) in [6.07, 6.45) is 0. The summed E-state index contributed by atoms with van der Waals surface area (Å²) in [5, 5.41) is 31.2. The van der Waals surface area contributed by atoms with E-state index in [1.807, 2.05) is 101 Å². The van der Waals surface area contributed by atoms with Gasteiger partial charge in [0.15, 0.2) is 11.7 Å². The SMILES string of the molecule is CN(C)c1ccc(CNc2ccc(N=C(NO)C(=Nc3ccc(NCc4ccc(N(C)C)cc4)c4ccccc34)NO)c3ccccc23)cc1. The Morgan fingerprint density at radius 3 is 1.18 bits per heavy atom. The first-order valence-electron chi connectivity index (χ1n) is 16.4. The van der Waals surface area contributed by atoms with Gasteiger partial charge in [-0.05, 0) is 59.7 Å². The summed E-state index contributed by atoms with van der Waals surface area (Å²) >= 11 is 0. The lowest BCUT2D eigenvalue weighted by Crippen LogP contribution is -2.37. The van der Waals surface area contributed by atoms with Crippen LogP contribution in [-0.4, -0.2) is 50.3 Å². The van der Waals surface area contributed by atoms with Crippen LogP contribution in [0.4, 0.5) is 34.1 Å². The molecule has 6 N–H and O–H groups in total. The Bertz CT molecular complexity index is 1990. The molecule has 0 saturated heterocycles. The molecule has 6 aromatic carbocycles. The number of rotatable bonds is 10. The summed E-state index contributed by atoms with van der Waals surface area (Å²) in [5.41, 5.74) is 12.0. The van der Waals surface area contributed by atoms with E-state index in [-0.39, 0.29) is 11.7 Å². The molecule has 254 valence electrons. The third-order valence-corrected chi connectivity index (χ3v) is 8.57. The number of anilines is 4. The van der Waals surface area contributed by atoms with E-state index in [0.717, 1.165) is 55.4 Å². The smallest absolute Gasteiger partial charge is 0.195 e. The average molecular weight is 667 g/mol. The van der Waals surface area contributed by atoms with Crippen LogP contribution in [0.15, 0.2) is 131 Å². The third kappa shape index (κ3) is 7.62. The van der Waals surface area contributed by atoms with Crippen molar-refractivity contribution < 1.29 is 10.4 Å². The number of hydrogen-bond acceptors (Lipinski definition) is 8. The standard InChI is InChI=1S/C40H42N8O2/c1-47(2)29-17-13-27(14-18-29)25-41-35-21-23-37(33-11-7-5-9-31(33)35)43-39(45-49)40(46-50)44-38-24-22-36(32-10-6-8-12-34(32)38)42-26-28-15-19-30(20-16-28)48(3)4/h5-24,41-42,49-50H,25-26H2,1-4H3,(H,43,45)(H,44,46). The zero-order chi connectivity index (χ0) is 35.0. The molecule has 6 rings (SSSR count). The summed E-state index contributed by atoms with van der Waals surface area (Å²) < 4.78 is 0. The molecule has 0 aliphatic heterocycles. The van der Waals surface area contributed by atoms with Crippen LogP contribution >= 0.6 is 0 Å². The highest BCUT2D eigenvalue weighted by Crippen LogP contribution is 2.34. The summed E-state index contributed by atoms with van der Waals surface area (Å²) in [7, 11) is 8.10. The van der Waals surface area contributed by atoms with E-state index in [9.17, 15) is 10.4 Å². The van der Waals surface area contributed by atoms with E-state index in [4.69, 9.17) is 9.98 Å². The van der Waals surface area contributed by atoms with Crippen molar-refractivity contribution >= 4 is 67.3 Å². The van der Waals surface area contributed by atoms with Gasteiger partial charge in [0.25, 0.3) is 0 Å². The molecule has 0 bridgehead atoms. The van der Waals surface area contributed by atoms with Crippen LogP contribution in [0.2, 0.25) is 0 Å². The number of amidine groups is 2. The molecule has 0 spiro atoms. The maximum atomic E-state index is 10.2. The van der Waals surface area contributed by atoms with Crippen LogP contribution in [0, 0.1) is 0 Å². The molecule has 0 amide bonds. The van der Waals surface area contributed by atoms with Gasteiger partial charge in [0.2, 0.25) is 0 Å². The second-order valence-corrected chi connectivity index (χ2v) is 12.3. The zero-order valence-electron chi connectivity index (χ0n) is 28.6. The molecule has 10 heteroatoms. The van der Waals surface area contributed by atoms with Gasteiger partial charge in [0.1, 0.15) is 0 Å². The van der Waals surface area contributed by atoms with E-state index in [0.29, 0.717) is 24.5 Å². The van der Waals surface area contributed by atoms with Crippen LogP contribution in [0.3, 0.4) is 0 Å². The van der Waals surface area contributed by atoms with E-state index in [1.165, 1.54) is 0 Å². The fourth-order valence-corrected chi connectivity index (χ4v) is 5.79. The third-order valence-electron chi connectivity index (χ3n) is 8.57. The fourth-order valence-electron chi connectivity index (χ4n) is 5.79. The molecule has 0 atom stereocenters. The quantitative estimate of drug-likeness (QED) is 0.0494. The molecular formula is C40H42N8O2. The number of hydroxylamine groups is 2. The average Bonchev–Trinajstić information content (AvgIpc) is 3.15. The minimum absolute atomic E-state index is 0.0493. The Hall–Kier alpha value is -6.10. The van der Waals surface area contributed by atoms with E-state index < -0.39 is 0 Å². The van der Waals surface area contributed by atoms with Crippen molar-refractivity contribution in [1.29, 1.82) is 0 Å². The van der Waals surface area contributed by atoms with Gasteiger partial charge in [0.05, 0.1) is 11.4 Å². The summed E-state index contributed by atoms with van der Waals surface area (Å²) in [6, 6.07) is 40.4. The van der Waals surface area contributed by atoms with Crippen LogP contribution in [0.5, 0.6) is 0 Å². The maximum absolute atomic E-state index is 10.2. The highest BCUT2D eigenvalue weighted by Gasteiger charge is 2.14. The number of aliphatic imine (C=N–C) groups is 2. The monoisotopic (exact) mass is 666 g/mol. The number of fused-ring (bicyclic) bond motifs is 2. The lowest BCUT2D eigenvalue weighted by atomic mass is 10.1. The maximum Gasteiger partial charge on any atom is 0.195 e. The molecule has 10 nitrogen and oxygen atoms in total. The molecule has 0 radical (unpaired) electrons. The number of hydrogen-bond donors (Lipinski definition) is 6. The number of benzene rings is 6. The topological polar surface area (TPSA) is 120 Å². The van der Waals surface area contributed by atoms with Crippen molar-refractivity contribution in [2.45, 2.75) is 13.1 Å². The zero-order valence-corrected chi connectivity index (χ0v) is 28.6. The van der Waals surface area contributed by atoms with Gasteiger partial charge in [0, 0.05) is 85.6 Å². The van der Waals surface area contributed by atoms with E-state index in [2.05, 4.69) is 79.9 Å². The predicted molar refractivity (Wildman–Crippen MR) is 208 cm³/mol. The molecule has 0 heterocycles. The van der Waals surface area contributed by atoms with Crippen molar-refractivity contribution in [2.24, 2.45) is 9.98 Å². The molecule has 0 aliphatic rings. The minimum Gasteiger partial charge on any atom is -0.380 e. The molecule has 0 aromatic heterocycles. The first-order valence-corrected chi connectivity index (χ1v) is 16.4. The van der Waals surface area contributed by atoms with Crippen LogP contribution in [0.1, 0.15) is 11.1 Å². The second-order valence-electron chi connectivity index (χ2n) is 12.3. The summed E-state index contributed by atoms with van der Waals surface area (Å²) in [5.74, 6) is -0.0985. The number of nitrogens with one attached hydrogen (secondary N) is 4. The lowest BCUT2D eigenvalue weighted by Gasteiger charge is -2.15. The highest BCUT2D eigenvalue weighted by molar-refractivity contribution is 6.41. The normalized spacial score (nSPS) is 11.8. The largest absolute Gasteiger partial charge is 0.380 e. The second kappa shape index (κ2) is 15.4. The van der Waals surface area contributed by atoms with Gasteiger partial charge in [-0.1, -0.05) is 72.8 Å². The van der Waals surface area contributed by atoms with Crippen LogP contribution in [-0.2, 0) is 13.1 Å². The molecule has 0 saturated carbocycles. The van der Waals surface area contributed by atoms with Gasteiger partial charge in [-0.2, -0.15) is 0 Å². The summed E-state index contributed by atoms with van der Waals surface area (Å²) in [6.45, 7) is 1.31. The van der Waals surface area contributed by atoms with Crippen LogP contribution < -0.4 is 31.4 Å². The van der Waals surface area contributed by atoms with Gasteiger partial charge in [-0.3, -0.25) is 10.4 Å². The van der Waals surface area contributed by atoms with E-state index >= 15 is 0 Å². The fraction of sp³-hybridized carbons (Fsp3) is 0.150. The van der Waals surface area contributed by atoms with Crippen molar-refractivity contribution in [1.82, 2.24) is 11.0 Å². The van der Waals surface area contributed by atoms with Gasteiger partial charge in [-0.15, -0.1) is 0 Å². The molecule has 0 fully saturated rings. The molecule has 50 heavy (non-hydrogen) atoms. The van der Waals surface area contributed by atoms with Crippen molar-refractivity contribution in [2.75, 3.05) is 48.6 Å². The van der Waals surface area contributed by atoms with E-state index in [1.54, 1.807) is 0 Å². The molecular weight excluding hydrogens is 624 g/mol. The predicted octanol–water partition coefficient (Wildman–Crippen LogP) is 8.07. The van der Waals surface area contributed by atoms with Crippen LogP contribution in [0.25, 0.3) is 21.5 Å². The van der Waals surface area contributed by atoms with Gasteiger partial charge < -0.3 is 20.4 Å². The first kappa shape index (κ1) is 33.8. The lowest BCUT2D eigenvalue weighted by molar-refractivity contribution is 0.223. The first-order chi connectivity index (χ1) is 24.3. The highest BCUT2D eigenvalue weighted by atomic mass is 16.5. The van der Waals surface area contributed by atoms with Crippen molar-refractivity contribution in [3.05, 3.63) is 132 Å². The van der Waals surface area contributed by atoms with Crippen molar-refractivity contribution in [3.63, 3.8) is 0 Å². The molecule has 0 unspecified atom stereocenters. The Balaban J connectivity index is 1.26. The Labute approximate surface area is 292 Å². The minimum atomic E-state index is -0.0493. The van der Waals surface area contributed by atoms with Gasteiger partial charge >= 0.3 is 0 Å². The Morgan fingerprint density at radius 2 is 0.840 bits per heavy atom. The van der Waals surface area contributed by atoms with Gasteiger partial charge in [-0.25, -0.2) is 20.9 Å². The Morgan fingerprint density at radius 1 is 0.480 bits per heavy atom. The Kier molecular flexibility index (Phi) is 10.4. The molecule has 6 aromatic rings. The van der Waals surface area contributed by atoms with Crippen molar-refractivity contribution in [3.8, 4) is 0 Å². The molecule has 0 aliphatic carbocycles.